The third-order valence-electron chi connectivity index (χ3n) is 5.36. The van der Waals surface area contributed by atoms with E-state index in [9.17, 15) is 13.6 Å². The highest BCUT2D eigenvalue weighted by atomic mass is 19.3. The lowest BCUT2D eigenvalue weighted by molar-refractivity contribution is -0.148. The van der Waals surface area contributed by atoms with Gasteiger partial charge in [0.25, 0.3) is 0 Å². The summed E-state index contributed by atoms with van der Waals surface area (Å²) in [5.41, 5.74) is 2.41. The Morgan fingerprint density at radius 2 is 1.73 bits per heavy atom. The first kappa shape index (κ1) is 22.7. The lowest BCUT2D eigenvalue weighted by Gasteiger charge is -2.21. The first-order valence-corrected chi connectivity index (χ1v) is 10.9. The van der Waals surface area contributed by atoms with Crippen LogP contribution in [0, 0.1) is 5.92 Å². The van der Waals surface area contributed by atoms with E-state index in [-0.39, 0.29) is 23.9 Å². The number of ether oxygens (including phenoxy) is 3. The number of pyridine rings is 1. The van der Waals surface area contributed by atoms with Crippen LogP contribution in [0.5, 0.6) is 11.5 Å². The Morgan fingerprint density at radius 3 is 2.42 bits per heavy atom. The fraction of sp³-hybridized carbons (Fsp3) is 0.308. The van der Waals surface area contributed by atoms with Gasteiger partial charge in [-0.1, -0.05) is 36.4 Å². The molecule has 2 aromatic carbocycles. The van der Waals surface area contributed by atoms with Crippen LogP contribution in [-0.2, 0) is 22.4 Å². The third-order valence-corrected chi connectivity index (χ3v) is 5.36. The summed E-state index contributed by atoms with van der Waals surface area (Å²) in [6.45, 7) is -2.53. The highest BCUT2D eigenvalue weighted by Gasteiger charge is 2.25. The van der Waals surface area contributed by atoms with E-state index < -0.39 is 12.7 Å². The zero-order chi connectivity index (χ0) is 23.0. The lowest BCUT2D eigenvalue weighted by atomic mass is 10.0. The van der Waals surface area contributed by atoms with Crippen molar-refractivity contribution in [2.45, 2.75) is 38.4 Å². The normalized spacial score (nSPS) is 14.0. The molecule has 7 heteroatoms. The zero-order valence-corrected chi connectivity index (χ0v) is 18.0. The molecule has 4 rings (SSSR count). The molecule has 5 nitrogen and oxygen atoms in total. The van der Waals surface area contributed by atoms with Gasteiger partial charge in [-0.25, -0.2) is 0 Å². The van der Waals surface area contributed by atoms with Crippen molar-refractivity contribution in [2.24, 2.45) is 5.92 Å². The molecule has 0 saturated heterocycles. The summed E-state index contributed by atoms with van der Waals surface area (Å²) in [5, 5.41) is 0. The van der Waals surface area contributed by atoms with Crippen LogP contribution in [0.1, 0.15) is 35.6 Å². The molecular formula is C26H25F2NO4. The van der Waals surface area contributed by atoms with Gasteiger partial charge in [0.2, 0.25) is 0 Å². The maximum atomic E-state index is 12.9. The fourth-order valence-electron chi connectivity index (χ4n) is 3.45. The molecule has 1 aliphatic carbocycles. The van der Waals surface area contributed by atoms with Gasteiger partial charge in [0.05, 0.1) is 13.0 Å². The molecule has 0 N–H and O–H groups in total. The standard InChI is InChI=1S/C26H25F2NO4/c27-26(28)33-22-9-8-21(16-24(22)31-17-20-6-7-20)23(14-19-10-12-29-13-11-19)32-25(30)15-18-4-2-1-3-5-18/h1-5,8-13,16,20,23,26H,6-7,14-15,17H2. The van der Waals surface area contributed by atoms with E-state index >= 15 is 0 Å². The summed E-state index contributed by atoms with van der Waals surface area (Å²) >= 11 is 0. The Bertz CT molecular complexity index is 1040. The zero-order valence-electron chi connectivity index (χ0n) is 18.0. The number of nitrogens with zero attached hydrogens (tertiary/aromatic N) is 1. The van der Waals surface area contributed by atoms with E-state index in [0.29, 0.717) is 24.5 Å². The van der Waals surface area contributed by atoms with Crippen molar-refractivity contribution >= 4 is 5.97 Å². The fourth-order valence-corrected chi connectivity index (χ4v) is 3.45. The van der Waals surface area contributed by atoms with Crippen LogP contribution in [0.25, 0.3) is 0 Å². The number of hydrogen-bond donors (Lipinski definition) is 0. The molecule has 1 unspecified atom stereocenters. The van der Waals surface area contributed by atoms with Crippen molar-refractivity contribution in [3.63, 3.8) is 0 Å². The molecule has 0 spiro atoms. The summed E-state index contributed by atoms with van der Waals surface area (Å²) in [6.07, 6.45) is 5.36. The minimum Gasteiger partial charge on any atom is -0.489 e. The number of halogens is 2. The third kappa shape index (κ3) is 7.00. The first-order valence-electron chi connectivity index (χ1n) is 10.9. The number of carbonyl (C=O) groups excluding carboxylic acids is 1. The van der Waals surface area contributed by atoms with Gasteiger partial charge in [-0.3, -0.25) is 9.78 Å². The Morgan fingerprint density at radius 1 is 0.970 bits per heavy atom. The van der Waals surface area contributed by atoms with Gasteiger partial charge in [0.1, 0.15) is 6.10 Å². The molecule has 1 aromatic heterocycles. The van der Waals surface area contributed by atoms with Crippen LogP contribution in [0.15, 0.2) is 73.1 Å². The van der Waals surface area contributed by atoms with Crippen molar-refractivity contribution in [2.75, 3.05) is 6.61 Å². The second kappa shape index (κ2) is 10.9. The number of alkyl halides is 2. The van der Waals surface area contributed by atoms with Crippen LogP contribution >= 0.6 is 0 Å². The number of carbonyl (C=O) groups is 1. The summed E-state index contributed by atoms with van der Waals surface area (Å²) in [6, 6.07) is 17.7. The van der Waals surface area contributed by atoms with Crippen LogP contribution in [0.3, 0.4) is 0 Å². The van der Waals surface area contributed by atoms with Gasteiger partial charge in [0, 0.05) is 18.8 Å². The average Bonchev–Trinajstić information content (AvgIpc) is 3.63. The molecule has 1 fully saturated rings. The van der Waals surface area contributed by atoms with Gasteiger partial charge in [-0.05, 0) is 59.7 Å². The predicted molar refractivity (Wildman–Crippen MR) is 118 cm³/mol. The second-order valence-corrected chi connectivity index (χ2v) is 8.04. The molecule has 0 amide bonds. The number of benzene rings is 2. The monoisotopic (exact) mass is 453 g/mol. The largest absolute Gasteiger partial charge is 0.489 e. The summed E-state index contributed by atoms with van der Waals surface area (Å²) in [4.78, 5) is 16.7. The second-order valence-electron chi connectivity index (χ2n) is 8.04. The van der Waals surface area contributed by atoms with Crippen LogP contribution in [-0.4, -0.2) is 24.2 Å². The van der Waals surface area contributed by atoms with Crippen molar-refractivity contribution in [3.05, 3.63) is 89.7 Å². The van der Waals surface area contributed by atoms with Crippen LogP contribution in [0.4, 0.5) is 8.78 Å². The summed E-state index contributed by atoms with van der Waals surface area (Å²) in [7, 11) is 0. The molecule has 0 aliphatic heterocycles. The van der Waals surface area contributed by atoms with E-state index in [1.165, 1.54) is 6.07 Å². The SMILES string of the molecule is O=C(Cc1ccccc1)OC(Cc1ccncc1)c1ccc(OC(F)F)c(OCC2CC2)c1. The summed E-state index contributed by atoms with van der Waals surface area (Å²) in [5.74, 6) is 0.240. The molecule has 172 valence electrons. The van der Waals surface area contributed by atoms with E-state index in [0.717, 1.165) is 24.0 Å². The van der Waals surface area contributed by atoms with Gasteiger partial charge in [-0.15, -0.1) is 0 Å². The lowest BCUT2D eigenvalue weighted by Crippen LogP contribution is -2.16. The Hall–Kier alpha value is -3.48. The van der Waals surface area contributed by atoms with E-state index in [1.54, 1.807) is 24.5 Å². The van der Waals surface area contributed by atoms with E-state index in [4.69, 9.17) is 9.47 Å². The molecule has 1 atom stereocenters. The highest BCUT2D eigenvalue weighted by Crippen LogP contribution is 2.36. The van der Waals surface area contributed by atoms with Crippen molar-refractivity contribution in [3.8, 4) is 11.5 Å². The molecule has 0 radical (unpaired) electrons. The minimum absolute atomic E-state index is 0.0346. The van der Waals surface area contributed by atoms with E-state index in [2.05, 4.69) is 9.72 Å². The summed E-state index contributed by atoms with van der Waals surface area (Å²) < 4.78 is 42.1. The van der Waals surface area contributed by atoms with Crippen molar-refractivity contribution < 1.29 is 27.8 Å². The smallest absolute Gasteiger partial charge is 0.387 e. The van der Waals surface area contributed by atoms with Crippen LogP contribution < -0.4 is 9.47 Å². The molecule has 33 heavy (non-hydrogen) atoms. The number of aromatic nitrogens is 1. The maximum Gasteiger partial charge on any atom is 0.387 e. The number of hydrogen-bond acceptors (Lipinski definition) is 5. The molecule has 1 heterocycles. The Balaban J connectivity index is 1.57. The van der Waals surface area contributed by atoms with Gasteiger partial charge in [0.15, 0.2) is 11.5 Å². The first-order chi connectivity index (χ1) is 16.1. The molecule has 1 saturated carbocycles. The number of rotatable bonds is 11. The molecular weight excluding hydrogens is 428 g/mol. The minimum atomic E-state index is -2.96. The highest BCUT2D eigenvalue weighted by molar-refractivity contribution is 5.73. The molecule has 1 aliphatic rings. The predicted octanol–water partition coefficient (Wildman–Crippen LogP) is 5.54. The molecule has 0 bridgehead atoms. The Labute approximate surface area is 191 Å². The maximum absolute atomic E-state index is 12.9. The topological polar surface area (TPSA) is 57.7 Å². The van der Waals surface area contributed by atoms with Crippen molar-refractivity contribution in [1.82, 2.24) is 4.98 Å². The van der Waals surface area contributed by atoms with Gasteiger partial charge >= 0.3 is 12.6 Å². The number of esters is 1. The van der Waals surface area contributed by atoms with Gasteiger partial charge < -0.3 is 14.2 Å². The van der Waals surface area contributed by atoms with Crippen molar-refractivity contribution in [1.29, 1.82) is 0 Å². The Kier molecular flexibility index (Phi) is 7.50. The average molecular weight is 453 g/mol. The van der Waals surface area contributed by atoms with Crippen LogP contribution in [0.2, 0.25) is 0 Å². The van der Waals surface area contributed by atoms with E-state index in [1.807, 2.05) is 42.5 Å². The quantitative estimate of drug-likeness (QED) is 0.357. The molecule has 3 aromatic rings. The van der Waals surface area contributed by atoms with Gasteiger partial charge in [-0.2, -0.15) is 8.78 Å².